The highest BCUT2D eigenvalue weighted by Crippen LogP contribution is 2.18. The SMILES string of the molecule is CCC(C)(CC)NC(=O)c1cc(N)nc(C(C)C)c1. The van der Waals surface area contributed by atoms with E-state index < -0.39 is 0 Å². The predicted molar refractivity (Wildman–Crippen MR) is 79.2 cm³/mol. The van der Waals surface area contributed by atoms with Gasteiger partial charge >= 0.3 is 0 Å². The molecular weight excluding hydrogens is 238 g/mol. The number of hydrogen-bond donors (Lipinski definition) is 2. The Morgan fingerprint density at radius 3 is 2.42 bits per heavy atom. The Balaban J connectivity index is 3.00. The summed E-state index contributed by atoms with van der Waals surface area (Å²) >= 11 is 0. The largest absolute Gasteiger partial charge is 0.384 e. The van der Waals surface area contributed by atoms with Crippen LogP contribution in [-0.2, 0) is 0 Å². The van der Waals surface area contributed by atoms with E-state index in [2.05, 4.69) is 31.1 Å². The lowest BCUT2D eigenvalue weighted by Crippen LogP contribution is -2.45. The van der Waals surface area contributed by atoms with E-state index in [0.29, 0.717) is 11.4 Å². The maximum atomic E-state index is 12.3. The molecule has 0 saturated carbocycles. The maximum absolute atomic E-state index is 12.3. The standard InChI is InChI=1S/C15H25N3O/c1-6-15(5,7-2)18-14(19)11-8-12(10(3)4)17-13(16)9-11/h8-10H,6-7H2,1-5H3,(H2,16,17)(H,18,19). The Hall–Kier alpha value is -1.58. The molecule has 0 aliphatic carbocycles. The van der Waals surface area contributed by atoms with Crippen molar-refractivity contribution in [1.29, 1.82) is 0 Å². The van der Waals surface area contributed by atoms with Gasteiger partial charge < -0.3 is 11.1 Å². The number of anilines is 1. The molecule has 0 spiro atoms. The molecule has 1 aromatic heterocycles. The van der Waals surface area contributed by atoms with Gasteiger partial charge in [-0.15, -0.1) is 0 Å². The van der Waals surface area contributed by atoms with Crippen LogP contribution in [0.2, 0.25) is 0 Å². The Morgan fingerprint density at radius 2 is 1.95 bits per heavy atom. The molecule has 0 radical (unpaired) electrons. The first-order chi connectivity index (χ1) is 8.81. The summed E-state index contributed by atoms with van der Waals surface area (Å²) in [5.74, 6) is 0.562. The van der Waals surface area contributed by atoms with Crippen LogP contribution in [0.25, 0.3) is 0 Å². The van der Waals surface area contributed by atoms with Gasteiger partial charge in [-0.25, -0.2) is 4.98 Å². The van der Waals surface area contributed by atoms with Crippen LogP contribution in [0, 0.1) is 0 Å². The van der Waals surface area contributed by atoms with Gasteiger partial charge in [-0.3, -0.25) is 4.79 Å². The van der Waals surface area contributed by atoms with Crippen LogP contribution < -0.4 is 11.1 Å². The first-order valence-electron chi connectivity index (χ1n) is 6.91. The van der Waals surface area contributed by atoms with E-state index in [1.807, 2.05) is 19.9 Å². The highest BCUT2D eigenvalue weighted by atomic mass is 16.1. The van der Waals surface area contributed by atoms with Crippen LogP contribution in [0.3, 0.4) is 0 Å². The van der Waals surface area contributed by atoms with E-state index >= 15 is 0 Å². The lowest BCUT2D eigenvalue weighted by Gasteiger charge is -2.28. The number of hydrogen-bond acceptors (Lipinski definition) is 3. The van der Waals surface area contributed by atoms with E-state index in [1.54, 1.807) is 6.07 Å². The molecule has 0 aromatic carbocycles. The Labute approximate surface area is 115 Å². The second-order valence-corrected chi connectivity index (χ2v) is 5.58. The first-order valence-corrected chi connectivity index (χ1v) is 6.91. The van der Waals surface area contributed by atoms with Gasteiger partial charge in [-0.1, -0.05) is 27.7 Å². The smallest absolute Gasteiger partial charge is 0.251 e. The molecule has 4 nitrogen and oxygen atoms in total. The van der Waals surface area contributed by atoms with E-state index in [4.69, 9.17) is 5.73 Å². The third kappa shape index (κ3) is 3.94. The van der Waals surface area contributed by atoms with Crippen molar-refractivity contribution < 1.29 is 4.79 Å². The Kier molecular flexibility index (Phi) is 4.92. The normalized spacial score (nSPS) is 11.7. The number of aromatic nitrogens is 1. The molecule has 0 bridgehead atoms. The summed E-state index contributed by atoms with van der Waals surface area (Å²) in [7, 11) is 0. The number of amides is 1. The fourth-order valence-corrected chi connectivity index (χ4v) is 1.77. The van der Waals surface area contributed by atoms with E-state index in [-0.39, 0.29) is 17.4 Å². The molecule has 0 aliphatic rings. The molecule has 0 fully saturated rings. The third-order valence-electron chi connectivity index (χ3n) is 3.69. The van der Waals surface area contributed by atoms with Crippen molar-refractivity contribution in [3.63, 3.8) is 0 Å². The van der Waals surface area contributed by atoms with Crippen LogP contribution >= 0.6 is 0 Å². The van der Waals surface area contributed by atoms with Crippen molar-refractivity contribution in [2.75, 3.05) is 5.73 Å². The second-order valence-electron chi connectivity index (χ2n) is 5.58. The number of pyridine rings is 1. The molecule has 0 saturated heterocycles. The van der Waals surface area contributed by atoms with E-state index in [0.717, 1.165) is 18.5 Å². The lowest BCUT2D eigenvalue weighted by atomic mass is 9.95. The molecule has 19 heavy (non-hydrogen) atoms. The van der Waals surface area contributed by atoms with E-state index in [1.165, 1.54) is 0 Å². The molecule has 0 aliphatic heterocycles. The zero-order valence-corrected chi connectivity index (χ0v) is 12.6. The molecule has 1 aromatic rings. The van der Waals surface area contributed by atoms with Gasteiger partial charge in [0.1, 0.15) is 5.82 Å². The number of carbonyl (C=O) groups excluding carboxylic acids is 1. The first kappa shape index (κ1) is 15.5. The number of nitrogen functional groups attached to an aromatic ring is 1. The second kappa shape index (κ2) is 6.04. The van der Waals surface area contributed by atoms with Gasteiger partial charge in [-0.2, -0.15) is 0 Å². The van der Waals surface area contributed by atoms with Crippen molar-refractivity contribution in [3.05, 3.63) is 23.4 Å². The number of nitrogens with two attached hydrogens (primary N) is 1. The fourth-order valence-electron chi connectivity index (χ4n) is 1.77. The van der Waals surface area contributed by atoms with Gasteiger partial charge in [0.2, 0.25) is 0 Å². The zero-order chi connectivity index (χ0) is 14.6. The lowest BCUT2D eigenvalue weighted by molar-refractivity contribution is 0.0901. The minimum absolute atomic E-state index is 0.0813. The third-order valence-corrected chi connectivity index (χ3v) is 3.69. The predicted octanol–water partition coefficient (Wildman–Crippen LogP) is 3.10. The number of nitrogens with one attached hydrogen (secondary N) is 1. The van der Waals surface area contributed by atoms with Gasteiger partial charge in [0.25, 0.3) is 5.91 Å². The van der Waals surface area contributed by atoms with Crippen molar-refractivity contribution >= 4 is 11.7 Å². The van der Waals surface area contributed by atoms with Crippen LogP contribution in [-0.4, -0.2) is 16.4 Å². The van der Waals surface area contributed by atoms with Crippen LogP contribution in [0.5, 0.6) is 0 Å². The molecular formula is C15H25N3O. The summed E-state index contributed by atoms with van der Waals surface area (Å²) in [5, 5.41) is 3.08. The summed E-state index contributed by atoms with van der Waals surface area (Å²) in [6, 6.07) is 3.45. The molecule has 1 amide bonds. The van der Waals surface area contributed by atoms with Crippen molar-refractivity contribution in [1.82, 2.24) is 10.3 Å². The zero-order valence-electron chi connectivity index (χ0n) is 12.6. The monoisotopic (exact) mass is 263 g/mol. The molecule has 0 unspecified atom stereocenters. The molecule has 1 heterocycles. The average Bonchev–Trinajstić information content (AvgIpc) is 2.37. The average molecular weight is 263 g/mol. The highest BCUT2D eigenvalue weighted by Gasteiger charge is 2.23. The molecule has 3 N–H and O–H groups in total. The Morgan fingerprint density at radius 1 is 1.37 bits per heavy atom. The van der Waals surface area contributed by atoms with Crippen LogP contribution in [0.4, 0.5) is 5.82 Å². The summed E-state index contributed by atoms with van der Waals surface area (Å²) < 4.78 is 0. The van der Waals surface area contributed by atoms with Crippen molar-refractivity contribution in [2.24, 2.45) is 0 Å². The molecule has 1 rings (SSSR count). The van der Waals surface area contributed by atoms with E-state index in [9.17, 15) is 4.79 Å². The summed E-state index contributed by atoms with van der Waals surface area (Å²) in [4.78, 5) is 16.6. The minimum atomic E-state index is -0.174. The maximum Gasteiger partial charge on any atom is 0.251 e. The molecule has 106 valence electrons. The number of carbonyl (C=O) groups is 1. The fraction of sp³-hybridized carbons (Fsp3) is 0.600. The molecule has 0 atom stereocenters. The summed E-state index contributed by atoms with van der Waals surface area (Å²) in [5.41, 5.74) is 7.03. The van der Waals surface area contributed by atoms with Crippen molar-refractivity contribution in [3.8, 4) is 0 Å². The van der Waals surface area contributed by atoms with Gasteiger partial charge in [0, 0.05) is 16.8 Å². The summed E-state index contributed by atoms with van der Waals surface area (Å²) in [6.45, 7) is 10.3. The highest BCUT2D eigenvalue weighted by molar-refractivity contribution is 5.95. The van der Waals surface area contributed by atoms with Crippen LogP contribution in [0.1, 0.15) is 69.4 Å². The number of nitrogens with zero attached hydrogens (tertiary/aromatic N) is 1. The van der Waals surface area contributed by atoms with Gasteiger partial charge in [0.05, 0.1) is 0 Å². The Bertz CT molecular complexity index is 451. The van der Waals surface area contributed by atoms with Gasteiger partial charge in [0.15, 0.2) is 0 Å². The summed E-state index contributed by atoms with van der Waals surface area (Å²) in [6.07, 6.45) is 1.79. The quantitative estimate of drug-likeness (QED) is 0.857. The topological polar surface area (TPSA) is 68.0 Å². The van der Waals surface area contributed by atoms with Crippen molar-refractivity contribution in [2.45, 2.75) is 58.9 Å². The number of rotatable bonds is 5. The minimum Gasteiger partial charge on any atom is -0.384 e. The molecule has 4 heteroatoms. The van der Waals surface area contributed by atoms with Gasteiger partial charge in [-0.05, 0) is 37.8 Å². The van der Waals surface area contributed by atoms with Crippen LogP contribution in [0.15, 0.2) is 12.1 Å².